The fourth-order valence-corrected chi connectivity index (χ4v) is 6.57. The largest absolute Gasteiger partial charge is 0.491 e. The molecule has 0 aliphatic carbocycles. The fraction of sp³-hybridized carbons (Fsp3) is 0.417. The number of sulfonamides is 1. The average Bonchev–Trinajstić information content (AvgIpc) is 3.38. The number of ether oxygens (including phenoxy) is 1. The Kier molecular flexibility index (Phi) is 6.32. The summed E-state index contributed by atoms with van der Waals surface area (Å²) in [6.07, 6.45) is 3.97. The number of nitrogens with zero attached hydrogens (tertiary/aromatic N) is 2. The second-order valence-electron chi connectivity index (χ2n) is 8.81. The van der Waals surface area contributed by atoms with Gasteiger partial charge in [0, 0.05) is 48.9 Å². The maximum Gasteiger partial charge on any atom is 0.243 e. The predicted octanol–water partition coefficient (Wildman–Crippen LogP) is 4.03. The Morgan fingerprint density at radius 1 is 1.03 bits per heavy atom. The number of rotatable bonds is 7. The summed E-state index contributed by atoms with van der Waals surface area (Å²) in [5.74, 6) is 0.687. The van der Waals surface area contributed by atoms with Crippen molar-refractivity contribution >= 4 is 30.8 Å². The van der Waals surface area contributed by atoms with Crippen molar-refractivity contribution in [1.82, 2.24) is 8.87 Å². The molecule has 3 aromatic rings. The van der Waals surface area contributed by atoms with E-state index in [1.165, 1.54) is 10.6 Å². The minimum atomic E-state index is -3.61. The van der Waals surface area contributed by atoms with Crippen LogP contribution in [-0.4, -0.2) is 51.2 Å². The van der Waals surface area contributed by atoms with Gasteiger partial charge in [-0.3, -0.25) is 0 Å². The summed E-state index contributed by atoms with van der Waals surface area (Å²) in [4.78, 5) is 0.544. The molecule has 1 aliphatic heterocycles. The van der Waals surface area contributed by atoms with Crippen LogP contribution in [0, 0.1) is 0 Å². The summed E-state index contributed by atoms with van der Waals surface area (Å²) < 4.78 is 59.7. The zero-order valence-corrected chi connectivity index (χ0v) is 21.0. The Morgan fingerprint density at radius 3 is 2.30 bits per heavy atom. The molecule has 9 heteroatoms. The fourth-order valence-electron chi connectivity index (χ4n) is 4.43. The minimum Gasteiger partial charge on any atom is -0.491 e. The van der Waals surface area contributed by atoms with Gasteiger partial charge in [0.25, 0.3) is 0 Å². The van der Waals surface area contributed by atoms with Crippen LogP contribution in [0.2, 0.25) is 0 Å². The van der Waals surface area contributed by atoms with Crippen LogP contribution in [0.1, 0.15) is 38.7 Å². The molecular formula is C24H30N2O5S2. The number of aromatic nitrogens is 1. The molecule has 7 nitrogen and oxygen atoms in total. The van der Waals surface area contributed by atoms with Gasteiger partial charge in [0.2, 0.25) is 10.0 Å². The first-order valence-corrected chi connectivity index (χ1v) is 14.4. The summed E-state index contributed by atoms with van der Waals surface area (Å²) in [5.41, 5.74) is 1.92. The highest BCUT2D eigenvalue weighted by Crippen LogP contribution is 2.37. The molecule has 0 bridgehead atoms. The normalized spacial score (nSPS) is 17.8. The highest BCUT2D eigenvalue weighted by molar-refractivity contribution is 7.90. The van der Waals surface area contributed by atoms with E-state index < -0.39 is 19.9 Å². The molecule has 1 aromatic heterocycles. The van der Waals surface area contributed by atoms with Crippen LogP contribution in [0.25, 0.3) is 10.9 Å². The first-order valence-electron chi connectivity index (χ1n) is 11.1. The van der Waals surface area contributed by atoms with E-state index in [1.54, 1.807) is 36.4 Å². The van der Waals surface area contributed by atoms with Gasteiger partial charge < -0.3 is 9.30 Å². The zero-order chi connectivity index (χ0) is 24.0. The number of benzene rings is 2. The quantitative estimate of drug-likeness (QED) is 0.499. The van der Waals surface area contributed by atoms with Crippen LogP contribution in [0.4, 0.5) is 0 Å². The molecule has 178 valence electrons. The van der Waals surface area contributed by atoms with E-state index in [-0.39, 0.29) is 21.8 Å². The summed E-state index contributed by atoms with van der Waals surface area (Å²) >= 11 is 0. The van der Waals surface area contributed by atoms with Crippen molar-refractivity contribution in [3.05, 3.63) is 54.2 Å². The zero-order valence-electron chi connectivity index (χ0n) is 19.4. The summed E-state index contributed by atoms with van der Waals surface area (Å²) in [7, 11) is -6.92. The second-order valence-corrected chi connectivity index (χ2v) is 12.8. The molecule has 1 atom stereocenters. The van der Waals surface area contributed by atoms with Gasteiger partial charge in [0.05, 0.1) is 15.9 Å². The van der Waals surface area contributed by atoms with E-state index in [1.807, 2.05) is 37.6 Å². The molecule has 0 N–H and O–H groups in total. The van der Waals surface area contributed by atoms with Crippen LogP contribution in [-0.2, 0) is 26.4 Å². The number of hydrogen-bond donors (Lipinski definition) is 0. The van der Waals surface area contributed by atoms with Gasteiger partial charge in [0.15, 0.2) is 9.84 Å². The highest BCUT2D eigenvalue weighted by atomic mass is 32.2. The van der Waals surface area contributed by atoms with E-state index in [4.69, 9.17) is 4.74 Å². The number of aryl methyl sites for hydroxylation is 1. The van der Waals surface area contributed by atoms with Crippen molar-refractivity contribution in [2.45, 2.75) is 55.5 Å². The van der Waals surface area contributed by atoms with Crippen molar-refractivity contribution in [2.24, 2.45) is 0 Å². The Balaban J connectivity index is 1.61. The average molecular weight is 491 g/mol. The first-order chi connectivity index (χ1) is 15.5. The highest BCUT2D eigenvalue weighted by Gasteiger charge is 2.34. The molecule has 4 rings (SSSR count). The number of fused-ring (bicyclic) bond motifs is 1. The van der Waals surface area contributed by atoms with E-state index in [9.17, 15) is 16.8 Å². The van der Waals surface area contributed by atoms with Gasteiger partial charge in [-0.1, -0.05) is 6.07 Å². The lowest BCUT2D eigenvalue weighted by atomic mass is 9.98. The van der Waals surface area contributed by atoms with Crippen LogP contribution < -0.4 is 4.74 Å². The van der Waals surface area contributed by atoms with Gasteiger partial charge in [-0.15, -0.1) is 0 Å². The first kappa shape index (κ1) is 23.8. The molecule has 33 heavy (non-hydrogen) atoms. The maximum absolute atomic E-state index is 13.2. The molecule has 2 aromatic carbocycles. The Hall–Kier alpha value is -2.36. The molecule has 1 unspecified atom stereocenters. The topological polar surface area (TPSA) is 85.7 Å². The second kappa shape index (κ2) is 8.77. The van der Waals surface area contributed by atoms with Crippen LogP contribution in [0.15, 0.2) is 58.5 Å². The van der Waals surface area contributed by atoms with Crippen molar-refractivity contribution < 1.29 is 21.6 Å². The molecule has 0 radical (unpaired) electrons. The summed E-state index contributed by atoms with van der Waals surface area (Å²) in [6, 6.07) is 11.8. The van der Waals surface area contributed by atoms with Crippen molar-refractivity contribution in [2.75, 3.05) is 19.3 Å². The molecule has 1 aliphatic rings. The Bertz CT molecular complexity index is 1370. The lowest BCUT2D eigenvalue weighted by Crippen LogP contribution is -2.28. The SMILES string of the molecule is CCn1cc(C2CCN(S(=O)(=O)c3ccc(OC(C)C)cc3)C2)c2ccc(S(C)(=O)=O)cc21. The smallest absolute Gasteiger partial charge is 0.243 e. The van der Waals surface area contributed by atoms with Gasteiger partial charge >= 0.3 is 0 Å². The van der Waals surface area contributed by atoms with E-state index in [0.29, 0.717) is 31.8 Å². The Morgan fingerprint density at radius 2 is 1.70 bits per heavy atom. The molecule has 1 saturated heterocycles. The predicted molar refractivity (Wildman–Crippen MR) is 129 cm³/mol. The van der Waals surface area contributed by atoms with E-state index in [0.717, 1.165) is 16.5 Å². The van der Waals surface area contributed by atoms with Gasteiger partial charge in [-0.2, -0.15) is 4.31 Å². The van der Waals surface area contributed by atoms with Crippen LogP contribution >= 0.6 is 0 Å². The third-order valence-corrected chi connectivity index (χ3v) is 9.07. The lowest BCUT2D eigenvalue weighted by Gasteiger charge is -2.17. The van der Waals surface area contributed by atoms with Crippen LogP contribution in [0.3, 0.4) is 0 Å². The van der Waals surface area contributed by atoms with Crippen molar-refractivity contribution in [3.63, 3.8) is 0 Å². The number of sulfone groups is 1. The van der Waals surface area contributed by atoms with Crippen molar-refractivity contribution in [3.8, 4) is 5.75 Å². The molecular weight excluding hydrogens is 460 g/mol. The molecule has 0 spiro atoms. The molecule has 0 saturated carbocycles. The summed E-state index contributed by atoms with van der Waals surface area (Å²) in [6.45, 7) is 7.39. The lowest BCUT2D eigenvalue weighted by molar-refractivity contribution is 0.242. The molecule has 0 amide bonds. The van der Waals surface area contributed by atoms with Crippen LogP contribution in [0.5, 0.6) is 5.75 Å². The standard InChI is InChI=1S/C24H30N2O5S2/c1-5-25-16-23(22-11-10-21(14-24(22)25)32(4,27)28)18-12-13-26(15-18)33(29,30)20-8-6-19(7-9-20)31-17(2)3/h6-11,14,16-18H,5,12-13,15H2,1-4H3. The van der Waals surface area contributed by atoms with Gasteiger partial charge in [-0.25, -0.2) is 16.8 Å². The molecule has 2 heterocycles. The van der Waals surface area contributed by atoms with Crippen molar-refractivity contribution in [1.29, 1.82) is 0 Å². The monoisotopic (exact) mass is 490 g/mol. The molecule has 1 fully saturated rings. The summed E-state index contributed by atoms with van der Waals surface area (Å²) in [5, 5.41) is 0.976. The Labute approximate surface area is 195 Å². The van der Waals surface area contributed by atoms with E-state index >= 15 is 0 Å². The van der Waals surface area contributed by atoms with E-state index in [2.05, 4.69) is 0 Å². The maximum atomic E-state index is 13.2. The third kappa shape index (κ3) is 4.67. The van der Waals surface area contributed by atoms with Gasteiger partial charge in [0.1, 0.15) is 5.75 Å². The van der Waals surface area contributed by atoms with Gasteiger partial charge in [-0.05, 0) is 69.2 Å². The third-order valence-electron chi connectivity index (χ3n) is 6.08. The minimum absolute atomic E-state index is 0.0190. The number of hydrogen-bond acceptors (Lipinski definition) is 5.